The molecule has 2 amide bonds. The van der Waals surface area contributed by atoms with Gasteiger partial charge in [-0.2, -0.15) is 0 Å². The predicted molar refractivity (Wildman–Crippen MR) is 83.9 cm³/mol. The lowest BCUT2D eigenvalue weighted by Crippen LogP contribution is -2.14. The lowest BCUT2D eigenvalue weighted by molar-refractivity contribution is 0.0998. The van der Waals surface area contributed by atoms with Gasteiger partial charge in [0.15, 0.2) is 0 Å². The standard InChI is InChI=1S/C15H17N3O2S/c1-8(2)12-13(21-9(3)17-12)15(20)18-11-6-4-10(5-7-11)14(16)19/h4-8H,1-3H3,(H2,16,19)(H,18,20). The summed E-state index contributed by atoms with van der Waals surface area (Å²) in [5.41, 5.74) is 7.01. The highest BCUT2D eigenvalue weighted by atomic mass is 32.1. The molecule has 1 heterocycles. The number of aryl methyl sites for hydroxylation is 1. The van der Waals surface area contributed by atoms with Gasteiger partial charge in [-0.3, -0.25) is 9.59 Å². The summed E-state index contributed by atoms with van der Waals surface area (Å²) < 4.78 is 0. The van der Waals surface area contributed by atoms with Gasteiger partial charge >= 0.3 is 0 Å². The van der Waals surface area contributed by atoms with Gasteiger partial charge in [-0.1, -0.05) is 13.8 Å². The van der Waals surface area contributed by atoms with E-state index in [1.807, 2.05) is 20.8 Å². The predicted octanol–water partition coefficient (Wildman–Crippen LogP) is 2.93. The summed E-state index contributed by atoms with van der Waals surface area (Å²) in [6.45, 7) is 5.90. The van der Waals surface area contributed by atoms with Crippen LogP contribution in [0.2, 0.25) is 0 Å². The quantitative estimate of drug-likeness (QED) is 0.910. The fourth-order valence-electron chi connectivity index (χ4n) is 1.90. The van der Waals surface area contributed by atoms with Crippen LogP contribution in [0.3, 0.4) is 0 Å². The van der Waals surface area contributed by atoms with Gasteiger partial charge in [0.2, 0.25) is 5.91 Å². The first kappa shape index (κ1) is 15.2. The Kier molecular flexibility index (Phi) is 4.37. The Bertz CT molecular complexity index is 675. The van der Waals surface area contributed by atoms with Gasteiger partial charge in [-0.25, -0.2) is 4.98 Å². The molecule has 6 heteroatoms. The van der Waals surface area contributed by atoms with Crippen molar-refractivity contribution in [3.8, 4) is 0 Å². The summed E-state index contributed by atoms with van der Waals surface area (Å²) in [4.78, 5) is 28.4. The number of benzene rings is 1. The molecule has 5 nitrogen and oxygen atoms in total. The molecule has 0 aliphatic rings. The molecule has 0 saturated heterocycles. The lowest BCUT2D eigenvalue weighted by Gasteiger charge is -2.07. The molecule has 21 heavy (non-hydrogen) atoms. The minimum absolute atomic E-state index is 0.184. The fraction of sp³-hybridized carbons (Fsp3) is 0.267. The summed E-state index contributed by atoms with van der Waals surface area (Å²) >= 11 is 1.38. The minimum atomic E-state index is -0.493. The average molecular weight is 303 g/mol. The van der Waals surface area contributed by atoms with Crippen LogP contribution in [0.25, 0.3) is 0 Å². The summed E-state index contributed by atoms with van der Waals surface area (Å²) in [5.74, 6) is -0.489. The van der Waals surface area contributed by atoms with Crippen molar-refractivity contribution >= 4 is 28.8 Å². The van der Waals surface area contributed by atoms with Gasteiger partial charge in [-0.05, 0) is 37.1 Å². The largest absolute Gasteiger partial charge is 0.366 e. The fourth-order valence-corrected chi connectivity index (χ4v) is 2.87. The van der Waals surface area contributed by atoms with Crippen LogP contribution in [0.5, 0.6) is 0 Å². The third-order valence-corrected chi connectivity index (χ3v) is 3.93. The molecule has 0 bridgehead atoms. The molecule has 2 aromatic rings. The third kappa shape index (κ3) is 3.46. The Labute approximate surface area is 127 Å². The van der Waals surface area contributed by atoms with E-state index in [0.717, 1.165) is 10.7 Å². The molecular formula is C15H17N3O2S. The number of aromatic nitrogens is 1. The smallest absolute Gasteiger partial charge is 0.267 e. The highest BCUT2D eigenvalue weighted by Gasteiger charge is 2.19. The lowest BCUT2D eigenvalue weighted by atomic mass is 10.1. The third-order valence-electron chi connectivity index (χ3n) is 2.94. The molecule has 0 unspecified atom stereocenters. The van der Waals surface area contributed by atoms with Crippen molar-refractivity contribution in [3.63, 3.8) is 0 Å². The van der Waals surface area contributed by atoms with E-state index in [4.69, 9.17) is 5.73 Å². The molecule has 3 N–H and O–H groups in total. The highest BCUT2D eigenvalue weighted by molar-refractivity contribution is 7.13. The maximum Gasteiger partial charge on any atom is 0.267 e. The molecule has 110 valence electrons. The Morgan fingerprint density at radius 1 is 1.24 bits per heavy atom. The molecule has 0 aliphatic carbocycles. The van der Waals surface area contributed by atoms with Crippen LogP contribution in [0.4, 0.5) is 5.69 Å². The van der Waals surface area contributed by atoms with Crippen molar-refractivity contribution < 1.29 is 9.59 Å². The number of nitrogens with one attached hydrogen (secondary N) is 1. The number of amides is 2. The number of anilines is 1. The van der Waals surface area contributed by atoms with Crippen molar-refractivity contribution in [1.82, 2.24) is 4.98 Å². The first-order valence-electron chi connectivity index (χ1n) is 6.57. The summed E-state index contributed by atoms with van der Waals surface area (Å²) in [5, 5.41) is 3.68. The number of thiazole rings is 1. The summed E-state index contributed by atoms with van der Waals surface area (Å²) in [6.07, 6.45) is 0. The topological polar surface area (TPSA) is 85.1 Å². The van der Waals surface area contributed by atoms with E-state index in [-0.39, 0.29) is 11.8 Å². The maximum atomic E-state index is 12.3. The van der Waals surface area contributed by atoms with Crippen LogP contribution in [0.1, 0.15) is 50.5 Å². The second-order valence-electron chi connectivity index (χ2n) is 5.00. The monoisotopic (exact) mass is 303 g/mol. The summed E-state index contributed by atoms with van der Waals surface area (Å²) in [6, 6.07) is 6.47. The van der Waals surface area contributed by atoms with Gasteiger partial charge in [0.25, 0.3) is 5.91 Å². The van der Waals surface area contributed by atoms with Crippen molar-refractivity contribution in [1.29, 1.82) is 0 Å². The van der Waals surface area contributed by atoms with E-state index in [9.17, 15) is 9.59 Å². The van der Waals surface area contributed by atoms with E-state index < -0.39 is 5.91 Å². The first-order valence-corrected chi connectivity index (χ1v) is 7.38. The van der Waals surface area contributed by atoms with Crippen LogP contribution < -0.4 is 11.1 Å². The van der Waals surface area contributed by atoms with Gasteiger partial charge in [0.05, 0.1) is 10.7 Å². The molecule has 0 atom stereocenters. The SMILES string of the molecule is Cc1nc(C(C)C)c(C(=O)Nc2ccc(C(N)=O)cc2)s1. The van der Waals surface area contributed by atoms with E-state index in [1.54, 1.807) is 24.3 Å². The minimum Gasteiger partial charge on any atom is -0.366 e. The number of carbonyl (C=O) groups excluding carboxylic acids is 2. The van der Waals surface area contributed by atoms with Gasteiger partial charge in [0.1, 0.15) is 4.88 Å². The molecule has 0 fully saturated rings. The highest BCUT2D eigenvalue weighted by Crippen LogP contribution is 2.25. The second-order valence-corrected chi connectivity index (χ2v) is 6.20. The van der Waals surface area contributed by atoms with Gasteiger partial charge in [0, 0.05) is 11.3 Å². The molecule has 1 aromatic carbocycles. The Balaban J connectivity index is 2.20. The van der Waals surface area contributed by atoms with Crippen molar-refractivity contribution in [2.24, 2.45) is 5.73 Å². The first-order chi connectivity index (χ1) is 9.88. The van der Waals surface area contributed by atoms with E-state index in [1.165, 1.54) is 11.3 Å². The Hall–Kier alpha value is -2.21. The molecule has 0 saturated carbocycles. The number of nitrogens with zero attached hydrogens (tertiary/aromatic N) is 1. The molecule has 0 spiro atoms. The van der Waals surface area contributed by atoms with Gasteiger partial charge in [-0.15, -0.1) is 11.3 Å². The maximum absolute atomic E-state index is 12.3. The molecule has 0 radical (unpaired) electrons. The van der Waals surface area contributed by atoms with Crippen molar-refractivity contribution in [3.05, 3.63) is 45.4 Å². The van der Waals surface area contributed by atoms with Crippen LogP contribution >= 0.6 is 11.3 Å². The summed E-state index contributed by atoms with van der Waals surface area (Å²) in [7, 11) is 0. The zero-order valence-corrected chi connectivity index (χ0v) is 13.0. The van der Waals surface area contributed by atoms with Crippen LogP contribution in [0, 0.1) is 6.92 Å². The molecular weight excluding hydrogens is 286 g/mol. The van der Waals surface area contributed by atoms with Crippen LogP contribution in [0.15, 0.2) is 24.3 Å². The zero-order chi connectivity index (χ0) is 15.6. The molecule has 0 aliphatic heterocycles. The number of hydrogen-bond donors (Lipinski definition) is 2. The Morgan fingerprint density at radius 2 is 1.86 bits per heavy atom. The second kappa shape index (κ2) is 6.05. The van der Waals surface area contributed by atoms with Gasteiger partial charge < -0.3 is 11.1 Å². The average Bonchev–Trinajstić information content (AvgIpc) is 2.82. The number of nitrogens with two attached hydrogens (primary N) is 1. The van der Waals surface area contributed by atoms with Crippen molar-refractivity contribution in [2.45, 2.75) is 26.7 Å². The van der Waals surface area contributed by atoms with E-state index >= 15 is 0 Å². The number of carbonyl (C=O) groups is 2. The van der Waals surface area contributed by atoms with E-state index in [2.05, 4.69) is 10.3 Å². The molecule has 2 rings (SSSR count). The van der Waals surface area contributed by atoms with Crippen LogP contribution in [-0.2, 0) is 0 Å². The normalized spacial score (nSPS) is 10.7. The van der Waals surface area contributed by atoms with Crippen molar-refractivity contribution in [2.75, 3.05) is 5.32 Å². The van der Waals surface area contributed by atoms with Crippen LogP contribution in [-0.4, -0.2) is 16.8 Å². The zero-order valence-electron chi connectivity index (χ0n) is 12.1. The Morgan fingerprint density at radius 3 is 2.38 bits per heavy atom. The van der Waals surface area contributed by atoms with E-state index in [0.29, 0.717) is 16.1 Å². The number of primary amides is 1. The number of rotatable bonds is 4. The number of hydrogen-bond acceptors (Lipinski definition) is 4. The molecule has 1 aromatic heterocycles.